The van der Waals surface area contributed by atoms with Gasteiger partial charge < -0.3 is 19.7 Å². The molecule has 3 rings (SSSR count). The van der Waals surface area contributed by atoms with Crippen LogP contribution in [0.1, 0.15) is 19.4 Å². The summed E-state index contributed by atoms with van der Waals surface area (Å²) < 4.78 is 10.7. The Kier molecular flexibility index (Phi) is 4.37. The number of nitrogens with one attached hydrogen (secondary N) is 1. The lowest BCUT2D eigenvalue weighted by Crippen LogP contribution is -2.21. The average Bonchev–Trinajstić information content (AvgIpc) is 3.03. The average molecular weight is 298 g/mol. The molecule has 0 unspecified atom stereocenters. The molecule has 2 aromatic rings. The van der Waals surface area contributed by atoms with Crippen molar-refractivity contribution in [3.8, 4) is 11.5 Å². The third-order valence-electron chi connectivity index (χ3n) is 3.93. The van der Waals surface area contributed by atoms with E-state index in [1.165, 1.54) is 11.3 Å². The second kappa shape index (κ2) is 6.60. The summed E-state index contributed by atoms with van der Waals surface area (Å²) >= 11 is 0. The summed E-state index contributed by atoms with van der Waals surface area (Å²) in [6, 6.07) is 14.6. The van der Waals surface area contributed by atoms with Crippen molar-refractivity contribution in [1.29, 1.82) is 0 Å². The van der Waals surface area contributed by atoms with E-state index in [1.54, 1.807) is 0 Å². The standard InChI is InChI=1S/C18H22N2O2/c1-3-20(4-2)16-8-5-14(6-9-16)12-19-15-7-10-17-18(11-15)22-13-21-17/h5-11,19H,3-4,12-13H2,1-2H3. The van der Waals surface area contributed by atoms with Gasteiger partial charge in [-0.2, -0.15) is 0 Å². The van der Waals surface area contributed by atoms with E-state index in [0.29, 0.717) is 6.79 Å². The van der Waals surface area contributed by atoms with Gasteiger partial charge in [0.25, 0.3) is 0 Å². The van der Waals surface area contributed by atoms with Crippen LogP contribution in [0.25, 0.3) is 0 Å². The SMILES string of the molecule is CCN(CC)c1ccc(CNc2ccc3c(c2)OCO3)cc1. The highest BCUT2D eigenvalue weighted by molar-refractivity contribution is 5.56. The first-order valence-electron chi connectivity index (χ1n) is 7.77. The number of hydrogen-bond donors (Lipinski definition) is 1. The molecule has 0 radical (unpaired) electrons. The smallest absolute Gasteiger partial charge is 0.231 e. The fourth-order valence-corrected chi connectivity index (χ4v) is 2.62. The lowest BCUT2D eigenvalue weighted by atomic mass is 10.2. The molecule has 0 spiro atoms. The van der Waals surface area contributed by atoms with E-state index in [-0.39, 0.29) is 0 Å². The monoisotopic (exact) mass is 298 g/mol. The number of hydrogen-bond acceptors (Lipinski definition) is 4. The lowest BCUT2D eigenvalue weighted by Gasteiger charge is -2.21. The fraction of sp³-hybridized carbons (Fsp3) is 0.333. The number of ether oxygens (including phenoxy) is 2. The summed E-state index contributed by atoms with van der Waals surface area (Å²) in [5, 5.41) is 3.42. The Morgan fingerprint density at radius 1 is 0.955 bits per heavy atom. The Hall–Kier alpha value is -2.36. The van der Waals surface area contributed by atoms with Crippen LogP contribution in [0.4, 0.5) is 11.4 Å². The predicted molar refractivity (Wildman–Crippen MR) is 89.9 cm³/mol. The molecule has 0 saturated heterocycles. The molecule has 116 valence electrons. The molecule has 4 nitrogen and oxygen atoms in total. The summed E-state index contributed by atoms with van der Waals surface area (Å²) in [5.41, 5.74) is 3.57. The van der Waals surface area contributed by atoms with E-state index in [2.05, 4.69) is 48.3 Å². The minimum absolute atomic E-state index is 0.311. The number of rotatable bonds is 6. The van der Waals surface area contributed by atoms with Crippen molar-refractivity contribution < 1.29 is 9.47 Å². The molecule has 0 saturated carbocycles. The van der Waals surface area contributed by atoms with E-state index in [9.17, 15) is 0 Å². The summed E-state index contributed by atoms with van der Waals surface area (Å²) in [7, 11) is 0. The van der Waals surface area contributed by atoms with Crippen LogP contribution < -0.4 is 19.7 Å². The molecule has 22 heavy (non-hydrogen) atoms. The molecule has 2 aromatic carbocycles. The van der Waals surface area contributed by atoms with Gasteiger partial charge in [-0.1, -0.05) is 12.1 Å². The van der Waals surface area contributed by atoms with Gasteiger partial charge in [-0.05, 0) is 43.7 Å². The molecule has 0 aliphatic carbocycles. The first-order valence-corrected chi connectivity index (χ1v) is 7.77. The Balaban J connectivity index is 1.62. The minimum atomic E-state index is 0.311. The van der Waals surface area contributed by atoms with Gasteiger partial charge in [-0.3, -0.25) is 0 Å². The zero-order chi connectivity index (χ0) is 15.4. The Bertz CT molecular complexity index is 621. The largest absolute Gasteiger partial charge is 0.454 e. The van der Waals surface area contributed by atoms with Gasteiger partial charge >= 0.3 is 0 Å². The molecular weight excluding hydrogens is 276 g/mol. The zero-order valence-corrected chi connectivity index (χ0v) is 13.1. The van der Waals surface area contributed by atoms with Gasteiger partial charge in [-0.25, -0.2) is 0 Å². The van der Waals surface area contributed by atoms with Crippen LogP contribution in [0, 0.1) is 0 Å². The topological polar surface area (TPSA) is 33.7 Å². The van der Waals surface area contributed by atoms with Crippen molar-refractivity contribution in [2.24, 2.45) is 0 Å². The van der Waals surface area contributed by atoms with Crippen molar-refractivity contribution in [2.75, 3.05) is 30.1 Å². The first-order chi connectivity index (χ1) is 10.8. The van der Waals surface area contributed by atoms with E-state index < -0.39 is 0 Å². The van der Waals surface area contributed by atoms with Gasteiger partial charge in [0.15, 0.2) is 11.5 Å². The van der Waals surface area contributed by atoms with Crippen LogP contribution in [0.15, 0.2) is 42.5 Å². The van der Waals surface area contributed by atoms with Crippen LogP contribution in [-0.2, 0) is 6.54 Å². The van der Waals surface area contributed by atoms with Crippen LogP contribution in [-0.4, -0.2) is 19.9 Å². The van der Waals surface area contributed by atoms with Gasteiger partial charge in [0.2, 0.25) is 6.79 Å². The quantitative estimate of drug-likeness (QED) is 0.877. The van der Waals surface area contributed by atoms with Crippen molar-refractivity contribution in [3.63, 3.8) is 0 Å². The maximum atomic E-state index is 5.39. The molecule has 0 bridgehead atoms. The van der Waals surface area contributed by atoms with Crippen molar-refractivity contribution in [2.45, 2.75) is 20.4 Å². The Morgan fingerprint density at radius 3 is 2.41 bits per heavy atom. The second-order valence-corrected chi connectivity index (χ2v) is 5.26. The first kappa shape index (κ1) is 14.6. The summed E-state index contributed by atoms with van der Waals surface area (Å²) in [6.07, 6.45) is 0. The van der Waals surface area contributed by atoms with Gasteiger partial charge in [0, 0.05) is 37.1 Å². The molecule has 1 aliphatic heterocycles. The van der Waals surface area contributed by atoms with Crippen LogP contribution in [0.5, 0.6) is 11.5 Å². The Morgan fingerprint density at radius 2 is 1.68 bits per heavy atom. The highest BCUT2D eigenvalue weighted by atomic mass is 16.7. The van der Waals surface area contributed by atoms with E-state index in [0.717, 1.165) is 36.8 Å². The van der Waals surface area contributed by atoms with Crippen molar-refractivity contribution in [1.82, 2.24) is 0 Å². The summed E-state index contributed by atoms with van der Waals surface area (Å²) in [6.45, 7) is 7.53. The molecule has 1 heterocycles. The van der Waals surface area contributed by atoms with Crippen LogP contribution in [0.2, 0.25) is 0 Å². The summed E-state index contributed by atoms with van der Waals surface area (Å²) in [4.78, 5) is 2.34. The molecule has 1 N–H and O–H groups in total. The third-order valence-corrected chi connectivity index (χ3v) is 3.93. The van der Waals surface area contributed by atoms with E-state index in [4.69, 9.17) is 9.47 Å². The molecule has 0 atom stereocenters. The molecule has 1 aliphatic rings. The number of fused-ring (bicyclic) bond motifs is 1. The van der Waals surface area contributed by atoms with Gasteiger partial charge in [-0.15, -0.1) is 0 Å². The van der Waals surface area contributed by atoms with Crippen molar-refractivity contribution in [3.05, 3.63) is 48.0 Å². The molecule has 0 aromatic heterocycles. The number of anilines is 2. The maximum absolute atomic E-state index is 5.39. The number of nitrogens with zero attached hydrogens (tertiary/aromatic N) is 1. The van der Waals surface area contributed by atoms with Gasteiger partial charge in [0.1, 0.15) is 0 Å². The van der Waals surface area contributed by atoms with Gasteiger partial charge in [0.05, 0.1) is 0 Å². The molecule has 0 fully saturated rings. The second-order valence-electron chi connectivity index (χ2n) is 5.26. The molecular formula is C18H22N2O2. The Labute approximate surface area is 131 Å². The normalized spacial score (nSPS) is 12.3. The molecule has 4 heteroatoms. The van der Waals surface area contributed by atoms with Crippen molar-refractivity contribution >= 4 is 11.4 Å². The predicted octanol–water partition coefficient (Wildman–Crippen LogP) is 3.87. The van der Waals surface area contributed by atoms with Crippen LogP contribution >= 0.6 is 0 Å². The minimum Gasteiger partial charge on any atom is -0.454 e. The van der Waals surface area contributed by atoms with E-state index >= 15 is 0 Å². The number of benzene rings is 2. The lowest BCUT2D eigenvalue weighted by molar-refractivity contribution is 0.174. The fourth-order valence-electron chi connectivity index (χ4n) is 2.62. The zero-order valence-electron chi connectivity index (χ0n) is 13.1. The maximum Gasteiger partial charge on any atom is 0.231 e. The summed E-state index contributed by atoms with van der Waals surface area (Å²) in [5.74, 6) is 1.62. The van der Waals surface area contributed by atoms with E-state index in [1.807, 2.05) is 18.2 Å². The molecule has 0 amide bonds. The van der Waals surface area contributed by atoms with Crippen LogP contribution in [0.3, 0.4) is 0 Å². The highest BCUT2D eigenvalue weighted by Gasteiger charge is 2.12. The highest BCUT2D eigenvalue weighted by Crippen LogP contribution is 2.34. The third kappa shape index (κ3) is 3.11.